The van der Waals surface area contributed by atoms with Crippen molar-refractivity contribution in [1.82, 2.24) is 14.9 Å². The quantitative estimate of drug-likeness (QED) is 0.802. The Morgan fingerprint density at radius 1 is 1.38 bits per heavy atom. The number of amides is 1. The molecule has 4 saturated carbocycles. The summed E-state index contributed by atoms with van der Waals surface area (Å²) in [5.41, 5.74) is 0.838. The van der Waals surface area contributed by atoms with E-state index in [1.807, 2.05) is 18.5 Å². The first kappa shape index (κ1) is 16.5. The van der Waals surface area contributed by atoms with Crippen LogP contribution in [-0.4, -0.2) is 31.4 Å². The number of carbonyl (C=O) groups excluding carboxylic acids is 1. The zero-order valence-corrected chi connectivity index (χ0v) is 15.3. The fourth-order valence-corrected chi connectivity index (χ4v) is 6.39. The maximum Gasteiger partial charge on any atom is 0.233 e. The fourth-order valence-electron chi connectivity index (χ4n) is 5.52. The number of thioether (sulfide) groups is 1. The van der Waals surface area contributed by atoms with Crippen molar-refractivity contribution in [3.05, 3.63) is 11.9 Å². The first-order valence-corrected chi connectivity index (χ1v) is 9.96. The number of carbonyl (C=O) groups is 1. The molecule has 5 rings (SSSR count). The number of imidazole rings is 1. The van der Waals surface area contributed by atoms with Crippen molar-refractivity contribution >= 4 is 17.7 Å². The van der Waals surface area contributed by atoms with Gasteiger partial charge in [0.1, 0.15) is 0 Å². The summed E-state index contributed by atoms with van der Waals surface area (Å²) in [4.78, 5) is 17.1. The lowest BCUT2D eigenvalue weighted by molar-refractivity contribution is -0.126. The largest absolute Gasteiger partial charge is 0.390 e. The highest BCUT2D eigenvalue weighted by Crippen LogP contribution is 2.55. The van der Waals surface area contributed by atoms with Crippen LogP contribution < -0.4 is 5.32 Å². The van der Waals surface area contributed by atoms with E-state index in [9.17, 15) is 9.90 Å². The molecule has 1 unspecified atom stereocenters. The molecule has 4 aliphatic carbocycles. The lowest BCUT2D eigenvalue weighted by Crippen LogP contribution is -2.60. The third-order valence-corrected chi connectivity index (χ3v) is 7.44. The lowest BCUT2D eigenvalue weighted by atomic mass is 9.53. The Balaban J connectivity index is 1.41. The fraction of sp³-hybridized carbons (Fsp3) is 0.778. The monoisotopic (exact) mass is 349 g/mol. The second kappa shape index (κ2) is 6.06. The Morgan fingerprint density at radius 3 is 2.46 bits per heavy atom. The second-order valence-corrected chi connectivity index (χ2v) is 9.50. The van der Waals surface area contributed by atoms with Gasteiger partial charge in [-0.25, -0.2) is 4.98 Å². The molecule has 1 atom stereocenters. The van der Waals surface area contributed by atoms with Crippen molar-refractivity contribution in [2.24, 2.45) is 24.8 Å². The van der Waals surface area contributed by atoms with Gasteiger partial charge in [-0.05, 0) is 63.2 Å². The van der Waals surface area contributed by atoms with Crippen molar-refractivity contribution in [1.29, 1.82) is 0 Å². The Kier molecular flexibility index (Phi) is 4.15. The van der Waals surface area contributed by atoms with E-state index >= 15 is 0 Å². The molecule has 0 saturated heterocycles. The average molecular weight is 350 g/mol. The minimum atomic E-state index is -0.175. The van der Waals surface area contributed by atoms with Gasteiger partial charge < -0.3 is 15.0 Å². The Bertz CT molecular complexity index is 607. The topological polar surface area (TPSA) is 67.2 Å². The van der Waals surface area contributed by atoms with Gasteiger partial charge in [0.15, 0.2) is 5.16 Å². The molecule has 4 bridgehead atoms. The normalized spacial score (nSPS) is 35.2. The van der Waals surface area contributed by atoms with Crippen molar-refractivity contribution in [3.8, 4) is 0 Å². The molecule has 0 aromatic carbocycles. The predicted octanol–water partition coefficient (Wildman–Crippen LogP) is 2.48. The van der Waals surface area contributed by atoms with E-state index in [1.165, 1.54) is 50.3 Å². The Hall–Kier alpha value is -1.01. The Labute approximate surface area is 147 Å². The molecule has 1 aromatic rings. The molecule has 5 nitrogen and oxygen atoms in total. The van der Waals surface area contributed by atoms with Crippen molar-refractivity contribution in [3.63, 3.8) is 0 Å². The number of hydrogen-bond acceptors (Lipinski definition) is 4. The summed E-state index contributed by atoms with van der Waals surface area (Å²) in [6.45, 7) is 1.92. The number of aromatic nitrogens is 2. The minimum absolute atomic E-state index is 0.0298. The van der Waals surface area contributed by atoms with Gasteiger partial charge in [0.25, 0.3) is 0 Å². The molecule has 24 heavy (non-hydrogen) atoms. The maximum absolute atomic E-state index is 12.8. The van der Waals surface area contributed by atoms with Crippen LogP contribution in [0.1, 0.15) is 51.1 Å². The summed E-state index contributed by atoms with van der Waals surface area (Å²) >= 11 is 1.47. The van der Waals surface area contributed by atoms with Gasteiger partial charge in [-0.2, -0.15) is 0 Å². The first-order valence-electron chi connectivity index (χ1n) is 9.08. The highest BCUT2D eigenvalue weighted by atomic mass is 32.2. The van der Waals surface area contributed by atoms with E-state index in [2.05, 4.69) is 10.3 Å². The average Bonchev–Trinajstić information content (AvgIpc) is 2.85. The standard InChI is InChI=1S/C18H27N3O2S/c1-11(24-17-19-9-15(10-22)21(17)2)16(23)20-18-6-12-3-13(7-18)5-14(4-12)8-18/h9,11-14,22H,3-8,10H2,1-2H3,(H,20,23). The summed E-state index contributed by atoms with van der Waals surface area (Å²) in [6, 6.07) is 0. The van der Waals surface area contributed by atoms with Gasteiger partial charge in [0.2, 0.25) is 5.91 Å². The predicted molar refractivity (Wildman–Crippen MR) is 93.5 cm³/mol. The third kappa shape index (κ3) is 2.88. The molecule has 6 heteroatoms. The van der Waals surface area contributed by atoms with E-state index in [0.717, 1.165) is 28.6 Å². The summed E-state index contributed by atoms with van der Waals surface area (Å²) in [7, 11) is 1.88. The van der Waals surface area contributed by atoms with E-state index in [1.54, 1.807) is 6.20 Å². The van der Waals surface area contributed by atoms with Gasteiger partial charge in [-0.1, -0.05) is 11.8 Å². The number of rotatable bonds is 5. The highest BCUT2D eigenvalue weighted by molar-refractivity contribution is 8.00. The smallest absolute Gasteiger partial charge is 0.233 e. The first-order chi connectivity index (χ1) is 11.5. The molecular weight excluding hydrogens is 322 g/mol. The molecule has 132 valence electrons. The maximum atomic E-state index is 12.8. The van der Waals surface area contributed by atoms with Gasteiger partial charge in [0.05, 0.1) is 23.7 Å². The number of hydrogen-bond donors (Lipinski definition) is 2. The van der Waals surface area contributed by atoms with Crippen molar-refractivity contribution < 1.29 is 9.90 Å². The highest BCUT2D eigenvalue weighted by Gasteiger charge is 2.51. The molecular formula is C18H27N3O2S. The van der Waals surface area contributed by atoms with Gasteiger partial charge in [-0.15, -0.1) is 0 Å². The number of nitrogens with one attached hydrogen (secondary N) is 1. The summed E-state index contributed by atoms with van der Waals surface area (Å²) in [6.07, 6.45) is 9.37. The molecule has 0 spiro atoms. The Morgan fingerprint density at radius 2 is 1.96 bits per heavy atom. The number of aliphatic hydroxyl groups excluding tert-OH is 1. The number of aliphatic hydroxyl groups is 1. The van der Waals surface area contributed by atoms with Crippen LogP contribution >= 0.6 is 11.8 Å². The van der Waals surface area contributed by atoms with Crippen LogP contribution in [0.5, 0.6) is 0 Å². The van der Waals surface area contributed by atoms with Crippen LogP contribution in [0.15, 0.2) is 11.4 Å². The lowest BCUT2D eigenvalue weighted by Gasteiger charge is -2.57. The summed E-state index contributed by atoms with van der Waals surface area (Å²) in [5.74, 6) is 2.64. The van der Waals surface area contributed by atoms with Crippen LogP contribution in [-0.2, 0) is 18.4 Å². The molecule has 0 radical (unpaired) electrons. The molecule has 1 amide bonds. The van der Waals surface area contributed by atoms with E-state index in [4.69, 9.17) is 0 Å². The SMILES string of the molecule is CC(Sc1ncc(CO)n1C)C(=O)NC12CC3CC(CC(C3)C1)C2. The van der Waals surface area contributed by atoms with Crippen LogP contribution in [0.2, 0.25) is 0 Å². The van der Waals surface area contributed by atoms with E-state index in [0.29, 0.717) is 0 Å². The molecule has 4 aliphatic rings. The van der Waals surface area contributed by atoms with Crippen LogP contribution in [0, 0.1) is 17.8 Å². The van der Waals surface area contributed by atoms with Crippen LogP contribution in [0.25, 0.3) is 0 Å². The molecule has 1 heterocycles. The second-order valence-electron chi connectivity index (χ2n) is 8.20. The van der Waals surface area contributed by atoms with Gasteiger partial charge in [-0.3, -0.25) is 4.79 Å². The van der Waals surface area contributed by atoms with Gasteiger partial charge >= 0.3 is 0 Å². The molecule has 1 aromatic heterocycles. The third-order valence-electron chi connectivity index (χ3n) is 6.28. The van der Waals surface area contributed by atoms with Crippen LogP contribution in [0.3, 0.4) is 0 Å². The van der Waals surface area contributed by atoms with Crippen molar-refractivity contribution in [2.75, 3.05) is 0 Å². The van der Waals surface area contributed by atoms with E-state index in [-0.39, 0.29) is 23.3 Å². The molecule has 2 N–H and O–H groups in total. The van der Waals surface area contributed by atoms with Crippen molar-refractivity contribution in [2.45, 2.75) is 68.0 Å². The summed E-state index contributed by atoms with van der Waals surface area (Å²) < 4.78 is 1.86. The summed E-state index contributed by atoms with van der Waals surface area (Å²) in [5, 5.41) is 13.3. The molecule has 4 fully saturated rings. The van der Waals surface area contributed by atoms with E-state index < -0.39 is 0 Å². The zero-order valence-electron chi connectivity index (χ0n) is 14.5. The van der Waals surface area contributed by atoms with Gasteiger partial charge in [0, 0.05) is 12.6 Å². The van der Waals surface area contributed by atoms with Crippen LogP contribution in [0.4, 0.5) is 0 Å². The molecule has 0 aliphatic heterocycles. The zero-order chi connectivity index (χ0) is 16.9. The minimum Gasteiger partial charge on any atom is -0.390 e. The number of nitrogens with zero attached hydrogens (tertiary/aromatic N) is 2.